The fourth-order valence-corrected chi connectivity index (χ4v) is 1.57. The first-order valence-corrected chi connectivity index (χ1v) is 7.61. The van der Waals surface area contributed by atoms with E-state index in [0.29, 0.717) is 52.5 Å². The number of rotatable bonds is 15. The summed E-state index contributed by atoms with van der Waals surface area (Å²) in [5, 5.41) is 0. The number of esters is 1. The Morgan fingerprint density at radius 1 is 0.800 bits per heavy atom. The molecular weight excluding hydrogens is 260 g/mol. The van der Waals surface area contributed by atoms with E-state index in [4.69, 9.17) is 18.9 Å². The van der Waals surface area contributed by atoms with Crippen molar-refractivity contribution in [3.05, 3.63) is 0 Å². The van der Waals surface area contributed by atoms with Crippen LogP contribution in [0.15, 0.2) is 0 Å². The Morgan fingerprint density at radius 2 is 1.50 bits per heavy atom. The van der Waals surface area contributed by atoms with Gasteiger partial charge in [0.05, 0.1) is 33.0 Å². The summed E-state index contributed by atoms with van der Waals surface area (Å²) in [6, 6.07) is 0. The van der Waals surface area contributed by atoms with Gasteiger partial charge < -0.3 is 18.9 Å². The minimum Gasteiger partial charge on any atom is -0.466 e. The lowest BCUT2D eigenvalue weighted by molar-refractivity contribution is -0.144. The largest absolute Gasteiger partial charge is 0.466 e. The molecule has 0 heterocycles. The maximum atomic E-state index is 11.4. The highest BCUT2D eigenvalue weighted by atomic mass is 16.5. The number of hydrogen-bond acceptors (Lipinski definition) is 5. The van der Waals surface area contributed by atoms with Crippen LogP contribution >= 0.6 is 0 Å². The van der Waals surface area contributed by atoms with Gasteiger partial charge in [-0.2, -0.15) is 0 Å². The maximum Gasteiger partial charge on any atom is 0.305 e. The molecule has 0 rings (SSSR count). The van der Waals surface area contributed by atoms with Gasteiger partial charge in [0.25, 0.3) is 0 Å². The molecule has 5 heteroatoms. The van der Waals surface area contributed by atoms with Crippen molar-refractivity contribution in [3.8, 4) is 0 Å². The molecule has 0 radical (unpaired) electrons. The summed E-state index contributed by atoms with van der Waals surface area (Å²) in [6.07, 6.45) is 5.63. The molecule has 0 unspecified atom stereocenters. The zero-order chi connectivity index (χ0) is 14.9. The van der Waals surface area contributed by atoms with Gasteiger partial charge in [0.2, 0.25) is 0 Å². The van der Waals surface area contributed by atoms with Crippen LogP contribution in [0, 0.1) is 0 Å². The molecule has 0 saturated heterocycles. The van der Waals surface area contributed by atoms with Gasteiger partial charge in [0.15, 0.2) is 0 Å². The number of carbonyl (C=O) groups excluding carboxylic acids is 1. The van der Waals surface area contributed by atoms with Gasteiger partial charge in [-0.3, -0.25) is 4.79 Å². The van der Waals surface area contributed by atoms with Crippen LogP contribution in [0.25, 0.3) is 0 Å². The Balaban J connectivity index is 3.11. The predicted octanol–water partition coefficient (Wildman–Crippen LogP) is 2.57. The van der Waals surface area contributed by atoms with Crippen molar-refractivity contribution in [2.75, 3.05) is 46.8 Å². The van der Waals surface area contributed by atoms with Crippen molar-refractivity contribution in [2.45, 2.75) is 45.4 Å². The molecule has 5 nitrogen and oxygen atoms in total. The summed E-state index contributed by atoms with van der Waals surface area (Å²) in [6.45, 7) is 5.58. The molecule has 0 bridgehead atoms. The Kier molecular flexibility index (Phi) is 15.9. The third kappa shape index (κ3) is 15.4. The number of methoxy groups -OCH3 is 1. The van der Waals surface area contributed by atoms with E-state index >= 15 is 0 Å². The first kappa shape index (κ1) is 19.4. The average Bonchev–Trinajstić information content (AvgIpc) is 2.45. The van der Waals surface area contributed by atoms with E-state index in [1.54, 1.807) is 7.11 Å². The molecule has 0 fully saturated rings. The molecule has 20 heavy (non-hydrogen) atoms. The smallest absolute Gasteiger partial charge is 0.305 e. The second kappa shape index (κ2) is 16.4. The van der Waals surface area contributed by atoms with Crippen LogP contribution in [0.4, 0.5) is 0 Å². The summed E-state index contributed by atoms with van der Waals surface area (Å²) in [7, 11) is 1.64. The van der Waals surface area contributed by atoms with Crippen molar-refractivity contribution in [2.24, 2.45) is 0 Å². The van der Waals surface area contributed by atoms with Gasteiger partial charge in [0, 0.05) is 20.1 Å². The third-order valence-corrected chi connectivity index (χ3v) is 2.73. The molecule has 0 aliphatic rings. The SMILES string of the molecule is CCCCCCOC(=O)CCCOCCOCCOC. The van der Waals surface area contributed by atoms with Crippen molar-refractivity contribution in [1.82, 2.24) is 0 Å². The Hall–Kier alpha value is -0.650. The van der Waals surface area contributed by atoms with Crippen LogP contribution in [0.2, 0.25) is 0 Å². The quantitative estimate of drug-likeness (QED) is 0.343. The molecule has 0 aliphatic carbocycles. The first-order valence-electron chi connectivity index (χ1n) is 7.61. The minimum atomic E-state index is -0.124. The van der Waals surface area contributed by atoms with Crippen molar-refractivity contribution in [3.63, 3.8) is 0 Å². The zero-order valence-corrected chi connectivity index (χ0v) is 13.0. The standard InChI is InChI=1S/C15H30O5/c1-3-4-5-6-10-20-15(16)8-7-9-18-13-14-19-12-11-17-2/h3-14H2,1-2H3. The highest BCUT2D eigenvalue weighted by Gasteiger charge is 2.02. The van der Waals surface area contributed by atoms with E-state index < -0.39 is 0 Å². The van der Waals surface area contributed by atoms with Crippen LogP contribution in [0.3, 0.4) is 0 Å². The second-order valence-electron chi connectivity index (χ2n) is 4.60. The van der Waals surface area contributed by atoms with Gasteiger partial charge in [-0.25, -0.2) is 0 Å². The van der Waals surface area contributed by atoms with Gasteiger partial charge >= 0.3 is 5.97 Å². The Labute approximate surface area is 122 Å². The molecule has 0 spiro atoms. The van der Waals surface area contributed by atoms with E-state index in [0.717, 1.165) is 12.8 Å². The second-order valence-corrected chi connectivity index (χ2v) is 4.60. The third-order valence-electron chi connectivity index (χ3n) is 2.73. The fraction of sp³-hybridized carbons (Fsp3) is 0.933. The predicted molar refractivity (Wildman–Crippen MR) is 77.8 cm³/mol. The topological polar surface area (TPSA) is 54.0 Å². The Bertz CT molecular complexity index is 208. The van der Waals surface area contributed by atoms with Crippen LogP contribution in [0.1, 0.15) is 45.4 Å². The van der Waals surface area contributed by atoms with Crippen LogP contribution in [-0.4, -0.2) is 52.7 Å². The van der Waals surface area contributed by atoms with E-state index in [-0.39, 0.29) is 5.97 Å². The highest BCUT2D eigenvalue weighted by Crippen LogP contribution is 2.00. The summed E-state index contributed by atoms with van der Waals surface area (Å²) < 4.78 is 20.6. The van der Waals surface area contributed by atoms with Crippen LogP contribution in [0.5, 0.6) is 0 Å². The Morgan fingerprint density at radius 3 is 2.20 bits per heavy atom. The van der Waals surface area contributed by atoms with Gasteiger partial charge in [-0.05, 0) is 12.8 Å². The van der Waals surface area contributed by atoms with E-state index in [9.17, 15) is 4.79 Å². The lowest BCUT2D eigenvalue weighted by atomic mass is 10.2. The molecule has 0 aromatic heterocycles. The van der Waals surface area contributed by atoms with E-state index in [2.05, 4.69) is 6.92 Å². The number of carbonyl (C=O) groups is 1. The zero-order valence-electron chi connectivity index (χ0n) is 13.0. The average molecular weight is 290 g/mol. The van der Waals surface area contributed by atoms with Crippen molar-refractivity contribution in [1.29, 1.82) is 0 Å². The fourth-order valence-electron chi connectivity index (χ4n) is 1.57. The number of hydrogen-bond donors (Lipinski definition) is 0. The normalized spacial score (nSPS) is 10.7. The lowest BCUT2D eigenvalue weighted by Crippen LogP contribution is -2.10. The van der Waals surface area contributed by atoms with Gasteiger partial charge in [0.1, 0.15) is 0 Å². The molecule has 0 aromatic carbocycles. The molecule has 0 saturated carbocycles. The number of ether oxygens (including phenoxy) is 4. The summed E-state index contributed by atoms with van der Waals surface area (Å²) in [4.78, 5) is 11.4. The monoisotopic (exact) mass is 290 g/mol. The van der Waals surface area contributed by atoms with E-state index in [1.807, 2.05) is 0 Å². The highest BCUT2D eigenvalue weighted by molar-refractivity contribution is 5.69. The molecule has 0 amide bonds. The summed E-state index contributed by atoms with van der Waals surface area (Å²) in [5.74, 6) is -0.124. The molecular formula is C15H30O5. The van der Waals surface area contributed by atoms with Gasteiger partial charge in [-0.15, -0.1) is 0 Å². The number of unbranched alkanes of at least 4 members (excludes halogenated alkanes) is 3. The van der Waals surface area contributed by atoms with E-state index in [1.165, 1.54) is 12.8 Å². The lowest BCUT2D eigenvalue weighted by Gasteiger charge is -2.06. The summed E-state index contributed by atoms with van der Waals surface area (Å²) in [5.41, 5.74) is 0. The first-order chi connectivity index (χ1) is 9.81. The molecule has 0 atom stereocenters. The van der Waals surface area contributed by atoms with Crippen LogP contribution in [-0.2, 0) is 23.7 Å². The maximum absolute atomic E-state index is 11.4. The van der Waals surface area contributed by atoms with Crippen LogP contribution < -0.4 is 0 Å². The van der Waals surface area contributed by atoms with Crippen molar-refractivity contribution >= 4 is 5.97 Å². The molecule has 0 aliphatic heterocycles. The minimum absolute atomic E-state index is 0.124. The van der Waals surface area contributed by atoms with Crippen molar-refractivity contribution < 1.29 is 23.7 Å². The molecule has 0 aromatic rings. The molecule has 0 N–H and O–H groups in total. The summed E-state index contributed by atoms with van der Waals surface area (Å²) >= 11 is 0. The molecule has 120 valence electrons. The van der Waals surface area contributed by atoms with Gasteiger partial charge in [-0.1, -0.05) is 26.2 Å².